The normalized spacial score (nSPS) is 16.3. The average molecular weight is 331 g/mol. The highest BCUT2D eigenvalue weighted by molar-refractivity contribution is 7.89. The van der Waals surface area contributed by atoms with Gasteiger partial charge in [-0.05, 0) is 37.8 Å². The van der Waals surface area contributed by atoms with Crippen molar-refractivity contribution in [2.75, 3.05) is 19.6 Å². The molecule has 0 amide bonds. The van der Waals surface area contributed by atoms with Gasteiger partial charge in [0, 0.05) is 29.9 Å². The van der Waals surface area contributed by atoms with E-state index < -0.39 is 10.0 Å². The first kappa shape index (κ1) is 16.9. The van der Waals surface area contributed by atoms with Crippen LogP contribution in [0.3, 0.4) is 0 Å². The SMILES string of the molecule is CCCNCc1cc(S(=O)(=O)N(CC)CC2CCC2)cs1. The topological polar surface area (TPSA) is 49.4 Å². The van der Waals surface area contributed by atoms with Gasteiger partial charge in [-0.15, -0.1) is 11.3 Å². The van der Waals surface area contributed by atoms with Crippen molar-refractivity contribution in [1.82, 2.24) is 9.62 Å². The lowest BCUT2D eigenvalue weighted by Gasteiger charge is -2.30. The van der Waals surface area contributed by atoms with E-state index in [1.807, 2.05) is 13.0 Å². The molecule has 1 aliphatic carbocycles. The van der Waals surface area contributed by atoms with Gasteiger partial charge in [0.1, 0.15) is 0 Å². The number of rotatable bonds is 9. The van der Waals surface area contributed by atoms with Crippen molar-refractivity contribution in [3.05, 3.63) is 16.3 Å². The first-order valence-corrected chi connectivity index (χ1v) is 10.2. The van der Waals surface area contributed by atoms with Crippen LogP contribution in [-0.4, -0.2) is 32.4 Å². The molecule has 0 saturated heterocycles. The highest BCUT2D eigenvalue weighted by atomic mass is 32.2. The molecule has 0 unspecified atom stereocenters. The average Bonchev–Trinajstić information content (AvgIpc) is 2.87. The van der Waals surface area contributed by atoms with Gasteiger partial charge in [-0.25, -0.2) is 8.42 Å². The van der Waals surface area contributed by atoms with Crippen LogP contribution in [0.2, 0.25) is 0 Å². The molecule has 0 bridgehead atoms. The lowest BCUT2D eigenvalue weighted by Crippen LogP contribution is -2.37. The largest absolute Gasteiger partial charge is 0.312 e. The van der Waals surface area contributed by atoms with Crippen LogP contribution in [-0.2, 0) is 16.6 Å². The lowest BCUT2D eigenvalue weighted by molar-refractivity contribution is 0.250. The van der Waals surface area contributed by atoms with Crippen LogP contribution in [0.15, 0.2) is 16.3 Å². The molecule has 1 fully saturated rings. The molecule has 0 radical (unpaired) electrons. The number of nitrogens with one attached hydrogen (secondary N) is 1. The molecular weight excluding hydrogens is 304 g/mol. The Balaban J connectivity index is 2.02. The van der Waals surface area contributed by atoms with Gasteiger partial charge in [0.2, 0.25) is 10.0 Å². The Labute approximate surface area is 132 Å². The van der Waals surface area contributed by atoms with Crippen LogP contribution in [0, 0.1) is 5.92 Å². The molecule has 6 heteroatoms. The fraction of sp³-hybridized carbons (Fsp3) is 0.733. The summed E-state index contributed by atoms with van der Waals surface area (Å²) in [5, 5.41) is 5.09. The molecular formula is C15H26N2O2S2. The molecule has 120 valence electrons. The van der Waals surface area contributed by atoms with Crippen LogP contribution >= 0.6 is 11.3 Å². The van der Waals surface area contributed by atoms with Crippen LogP contribution in [0.1, 0.15) is 44.4 Å². The number of hydrogen-bond donors (Lipinski definition) is 1. The van der Waals surface area contributed by atoms with E-state index in [1.165, 1.54) is 30.6 Å². The van der Waals surface area contributed by atoms with Crippen molar-refractivity contribution in [3.8, 4) is 0 Å². The maximum absolute atomic E-state index is 12.7. The van der Waals surface area contributed by atoms with Gasteiger partial charge in [-0.1, -0.05) is 20.3 Å². The first-order chi connectivity index (χ1) is 10.1. The fourth-order valence-electron chi connectivity index (χ4n) is 2.49. The molecule has 2 rings (SSSR count). The minimum absolute atomic E-state index is 0.460. The van der Waals surface area contributed by atoms with Crippen molar-refractivity contribution < 1.29 is 8.42 Å². The van der Waals surface area contributed by atoms with E-state index in [9.17, 15) is 8.42 Å². The Morgan fingerprint density at radius 3 is 2.71 bits per heavy atom. The summed E-state index contributed by atoms with van der Waals surface area (Å²) in [5.41, 5.74) is 0. The molecule has 0 aliphatic heterocycles. The number of nitrogens with zero attached hydrogens (tertiary/aromatic N) is 1. The van der Waals surface area contributed by atoms with E-state index in [1.54, 1.807) is 9.69 Å². The molecule has 1 aromatic rings. The third-order valence-electron chi connectivity index (χ3n) is 4.03. The van der Waals surface area contributed by atoms with E-state index in [4.69, 9.17) is 0 Å². The summed E-state index contributed by atoms with van der Waals surface area (Å²) in [6, 6.07) is 1.83. The Hall–Kier alpha value is -0.430. The summed E-state index contributed by atoms with van der Waals surface area (Å²) < 4.78 is 27.0. The Morgan fingerprint density at radius 2 is 2.14 bits per heavy atom. The van der Waals surface area contributed by atoms with Gasteiger partial charge < -0.3 is 5.32 Å². The van der Waals surface area contributed by atoms with Crippen LogP contribution in [0.4, 0.5) is 0 Å². The number of hydrogen-bond acceptors (Lipinski definition) is 4. The second-order valence-corrected chi connectivity index (χ2v) is 8.61. The van der Waals surface area contributed by atoms with Gasteiger partial charge in [-0.2, -0.15) is 4.31 Å². The molecule has 1 saturated carbocycles. The zero-order valence-corrected chi connectivity index (χ0v) is 14.6. The van der Waals surface area contributed by atoms with Gasteiger partial charge in [0.25, 0.3) is 0 Å². The van der Waals surface area contributed by atoms with Crippen molar-refractivity contribution in [1.29, 1.82) is 0 Å². The predicted octanol–water partition coefficient (Wildman–Crippen LogP) is 3.06. The first-order valence-electron chi connectivity index (χ1n) is 7.86. The maximum atomic E-state index is 12.7. The van der Waals surface area contributed by atoms with Gasteiger partial charge in [-0.3, -0.25) is 0 Å². The van der Waals surface area contributed by atoms with E-state index in [0.717, 1.165) is 24.4 Å². The molecule has 1 heterocycles. The number of thiophene rings is 1. The van der Waals surface area contributed by atoms with Crippen LogP contribution < -0.4 is 5.32 Å². The van der Waals surface area contributed by atoms with E-state index in [-0.39, 0.29) is 0 Å². The second-order valence-electron chi connectivity index (χ2n) is 5.68. The molecule has 1 aliphatic rings. The van der Waals surface area contributed by atoms with Crippen molar-refractivity contribution in [2.24, 2.45) is 5.92 Å². The summed E-state index contributed by atoms with van der Waals surface area (Å²) in [6.07, 6.45) is 4.67. The zero-order valence-electron chi connectivity index (χ0n) is 13.0. The Morgan fingerprint density at radius 1 is 1.38 bits per heavy atom. The molecule has 4 nitrogen and oxygen atoms in total. The van der Waals surface area contributed by atoms with Crippen molar-refractivity contribution in [2.45, 2.75) is 51.0 Å². The van der Waals surface area contributed by atoms with Gasteiger partial charge in [0.05, 0.1) is 4.90 Å². The Kier molecular flexibility index (Phi) is 6.22. The number of sulfonamides is 1. The minimum Gasteiger partial charge on any atom is -0.312 e. The van der Waals surface area contributed by atoms with Crippen molar-refractivity contribution >= 4 is 21.4 Å². The maximum Gasteiger partial charge on any atom is 0.243 e. The fourth-order valence-corrected chi connectivity index (χ4v) is 5.24. The third-order valence-corrected chi connectivity index (χ3v) is 7.04. The highest BCUT2D eigenvalue weighted by Crippen LogP contribution is 2.30. The van der Waals surface area contributed by atoms with E-state index in [2.05, 4.69) is 12.2 Å². The second kappa shape index (κ2) is 7.72. The standard InChI is InChI=1S/C15H26N2O2S2/c1-3-8-16-10-14-9-15(12-20-14)21(18,19)17(4-2)11-13-6-5-7-13/h9,12-13,16H,3-8,10-11H2,1-2H3. The van der Waals surface area contributed by atoms with Crippen LogP contribution in [0.25, 0.3) is 0 Å². The summed E-state index contributed by atoms with van der Waals surface area (Å²) in [5.74, 6) is 0.559. The van der Waals surface area contributed by atoms with Crippen LogP contribution in [0.5, 0.6) is 0 Å². The molecule has 1 aromatic heterocycles. The molecule has 0 atom stereocenters. The molecule has 0 spiro atoms. The smallest absolute Gasteiger partial charge is 0.243 e. The van der Waals surface area contributed by atoms with Gasteiger partial charge >= 0.3 is 0 Å². The molecule has 1 N–H and O–H groups in total. The van der Waals surface area contributed by atoms with Gasteiger partial charge in [0.15, 0.2) is 0 Å². The summed E-state index contributed by atoms with van der Waals surface area (Å²) >= 11 is 1.53. The van der Waals surface area contributed by atoms with E-state index in [0.29, 0.717) is 23.9 Å². The quantitative estimate of drug-likeness (QED) is 0.708. The summed E-state index contributed by atoms with van der Waals surface area (Å²) in [4.78, 5) is 1.55. The van der Waals surface area contributed by atoms with E-state index >= 15 is 0 Å². The monoisotopic (exact) mass is 330 g/mol. The third kappa shape index (κ3) is 4.28. The molecule has 21 heavy (non-hydrogen) atoms. The summed E-state index contributed by atoms with van der Waals surface area (Å²) in [6.45, 7) is 6.99. The lowest BCUT2D eigenvalue weighted by atomic mass is 9.85. The summed E-state index contributed by atoms with van der Waals surface area (Å²) in [7, 11) is -3.32. The Bertz CT molecular complexity index is 536. The van der Waals surface area contributed by atoms with Crippen molar-refractivity contribution in [3.63, 3.8) is 0 Å². The molecule has 0 aromatic carbocycles. The zero-order chi connectivity index (χ0) is 15.3. The highest BCUT2D eigenvalue weighted by Gasteiger charge is 2.29. The predicted molar refractivity (Wildman–Crippen MR) is 88.1 cm³/mol. The minimum atomic E-state index is -3.32.